The van der Waals surface area contributed by atoms with Gasteiger partial charge in [0.05, 0.1) is 12.5 Å². The highest BCUT2D eigenvalue weighted by Crippen LogP contribution is 2.22. The van der Waals surface area contributed by atoms with E-state index in [0.29, 0.717) is 0 Å². The number of hydrogen-bond donors (Lipinski definition) is 0. The van der Waals surface area contributed by atoms with Crippen molar-refractivity contribution >= 4 is 12.2 Å². The summed E-state index contributed by atoms with van der Waals surface area (Å²) in [6.45, 7) is 1.77. The largest absolute Gasteiger partial charge is 0.456 e. The first-order valence-corrected chi connectivity index (χ1v) is 6.61. The van der Waals surface area contributed by atoms with Crippen LogP contribution in [-0.4, -0.2) is 35.3 Å². The number of nitrogens with zero attached hydrogens (tertiary/aromatic N) is 4. The fourth-order valence-electron chi connectivity index (χ4n) is 1.62. The van der Waals surface area contributed by atoms with Crippen LogP contribution in [-0.2, 0) is 0 Å². The molecule has 1 atom stereocenters. The summed E-state index contributed by atoms with van der Waals surface area (Å²) in [5, 5.41) is 0. The number of hydrogen-bond acceptors (Lipinski definition) is 4. The summed E-state index contributed by atoms with van der Waals surface area (Å²) >= 11 is 0. The second-order valence-corrected chi connectivity index (χ2v) is 4.84. The first-order chi connectivity index (χ1) is 10.5. The first kappa shape index (κ1) is 15.8. The highest BCUT2D eigenvalue weighted by atomic mass is 19.1. The molecule has 1 aromatic heterocycles. The number of aliphatic imine (C=N–C) groups is 1. The average molecular weight is 306 g/mol. The Morgan fingerprint density at radius 2 is 1.91 bits per heavy atom. The molecule has 7 heteroatoms. The van der Waals surface area contributed by atoms with Crippen molar-refractivity contribution < 1.29 is 13.5 Å². The van der Waals surface area contributed by atoms with Gasteiger partial charge in [-0.25, -0.2) is 18.8 Å². The standard InChI is InChI=1S/C15H16F2N4O/c1-10(11-4-6-12(16)7-5-11)22-15-18-8-13(17)14(20-15)19-9-21(2)3/h4-10H,1-3H3/b19-9+. The molecule has 22 heavy (non-hydrogen) atoms. The van der Waals surface area contributed by atoms with Crippen LogP contribution in [0.1, 0.15) is 18.6 Å². The van der Waals surface area contributed by atoms with Gasteiger partial charge in [-0.05, 0) is 24.6 Å². The number of benzene rings is 1. The van der Waals surface area contributed by atoms with Crippen LogP contribution >= 0.6 is 0 Å². The van der Waals surface area contributed by atoms with E-state index in [4.69, 9.17) is 4.74 Å². The first-order valence-electron chi connectivity index (χ1n) is 6.61. The minimum atomic E-state index is -0.639. The summed E-state index contributed by atoms with van der Waals surface area (Å²) in [5.74, 6) is -1.07. The molecule has 1 heterocycles. The van der Waals surface area contributed by atoms with Crippen molar-refractivity contribution in [1.82, 2.24) is 14.9 Å². The molecule has 1 aromatic carbocycles. The number of ether oxygens (including phenoxy) is 1. The second-order valence-electron chi connectivity index (χ2n) is 4.84. The van der Waals surface area contributed by atoms with Gasteiger partial charge in [0.2, 0.25) is 0 Å². The van der Waals surface area contributed by atoms with Gasteiger partial charge in [-0.15, -0.1) is 0 Å². The Labute approximate surface area is 127 Å². The van der Waals surface area contributed by atoms with Crippen LogP contribution in [0.4, 0.5) is 14.6 Å². The minimum Gasteiger partial charge on any atom is -0.456 e. The average Bonchev–Trinajstić information content (AvgIpc) is 2.48. The monoisotopic (exact) mass is 306 g/mol. The van der Waals surface area contributed by atoms with Crippen LogP contribution in [0.2, 0.25) is 0 Å². The van der Waals surface area contributed by atoms with Crippen molar-refractivity contribution in [2.45, 2.75) is 13.0 Å². The number of rotatable bonds is 5. The molecule has 0 saturated heterocycles. The van der Waals surface area contributed by atoms with Crippen molar-refractivity contribution in [3.05, 3.63) is 47.7 Å². The molecule has 0 aliphatic heterocycles. The van der Waals surface area contributed by atoms with Crippen molar-refractivity contribution in [2.75, 3.05) is 14.1 Å². The molecule has 2 rings (SSSR count). The third-order valence-corrected chi connectivity index (χ3v) is 2.74. The lowest BCUT2D eigenvalue weighted by Crippen LogP contribution is -2.08. The molecule has 0 N–H and O–H groups in total. The van der Waals surface area contributed by atoms with E-state index in [0.717, 1.165) is 11.8 Å². The molecule has 5 nitrogen and oxygen atoms in total. The van der Waals surface area contributed by atoms with Gasteiger partial charge in [-0.1, -0.05) is 12.1 Å². The lowest BCUT2D eigenvalue weighted by molar-refractivity contribution is 0.206. The van der Waals surface area contributed by atoms with Gasteiger partial charge in [0.1, 0.15) is 11.9 Å². The molecule has 0 spiro atoms. The Bertz CT molecular complexity index is 659. The van der Waals surface area contributed by atoms with E-state index in [1.54, 1.807) is 38.1 Å². The Balaban J connectivity index is 2.15. The van der Waals surface area contributed by atoms with Gasteiger partial charge in [0.15, 0.2) is 11.6 Å². The maximum Gasteiger partial charge on any atom is 0.319 e. The van der Waals surface area contributed by atoms with Crippen LogP contribution < -0.4 is 4.74 Å². The van der Waals surface area contributed by atoms with Crippen LogP contribution in [0.15, 0.2) is 35.5 Å². The summed E-state index contributed by atoms with van der Waals surface area (Å²) in [6.07, 6.45) is 2.03. The molecule has 0 bridgehead atoms. The fourth-order valence-corrected chi connectivity index (χ4v) is 1.62. The summed E-state index contributed by atoms with van der Waals surface area (Å²) in [4.78, 5) is 13.3. The molecular formula is C15H16F2N4O. The van der Waals surface area contributed by atoms with Crippen molar-refractivity contribution in [1.29, 1.82) is 0 Å². The summed E-state index contributed by atoms with van der Waals surface area (Å²) in [6, 6.07) is 5.90. The van der Waals surface area contributed by atoms with Crippen molar-refractivity contribution in [3.8, 4) is 6.01 Å². The van der Waals surface area contributed by atoms with Crippen LogP contribution in [0.25, 0.3) is 0 Å². The zero-order chi connectivity index (χ0) is 16.1. The van der Waals surface area contributed by atoms with Gasteiger partial charge in [0, 0.05) is 14.1 Å². The summed E-state index contributed by atoms with van der Waals surface area (Å²) < 4.78 is 32.0. The van der Waals surface area contributed by atoms with E-state index in [2.05, 4.69) is 15.0 Å². The van der Waals surface area contributed by atoms with Gasteiger partial charge >= 0.3 is 6.01 Å². The topological polar surface area (TPSA) is 50.6 Å². The zero-order valence-corrected chi connectivity index (χ0v) is 12.5. The van der Waals surface area contributed by atoms with Gasteiger partial charge in [-0.3, -0.25) is 0 Å². The van der Waals surface area contributed by atoms with Gasteiger partial charge < -0.3 is 9.64 Å². The molecule has 0 saturated carbocycles. The van der Waals surface area contributed by atoms with E-state index in [1.165, 1.54) is 18.5 Å². The molecule has 0 radical (unpaired) electrons. The van der Waals surface area contributed by atoms with Crippen molar-refractivity contribution in [3.63, 3.8) is 0 Å². The van der Waals surface area contributed by atoms with E-state index < -0.39 is 11.9 Å². The molecule has 0 amide bonds. The highest BCUT2D eigenvalue weighted by Gasteiger charge is 2.12. The maximum absolute atomic E-state index is 13.6. The smallest absolute Gasteiger partial charge is 0.319 e. The predicted octanol–water partition coefficient (Wildman–Crippen LogP) is 3.12. The maximum atomic E-state index is 13.6. The Morgan fingerprint density at radius 1 is 1.23 bits per heavy atom. The normalized spacial score (nSPS) is 12.4. The summed E-state index contributed by atoms with van der Waals surface area (Å²) in [7, 11) is 3.52. The van der Waals surface area contributed by atoms with Crippen LogP contribution in [0, 0.1) is 11.6 Å². The molecule has 0 aliphatic rings. The Kier molecular flexibility index (Phi) is 4.98. The molecule has 2 aromatic rings. The molecule has 116 valence electrons. The third kappa shape index (κ3) is 4.21. The second kappa shape index (κ2) is 6.93. The number of aromatic nitrogens is 2. The van der Waals surface area contributed by atoms with E-state index in [1.807, 2.05) is 0 Å². The van der Waals surface area contributed by atoms with E-state index >= 15 is 0 Å². The number of halogens is 2. The van der Waals surface area contributed by atoms with Crippen LogP contribution in [0.5, 0.6) is 6.01 Å². The lowest BCUT2D eigenvalue weighted by Gasteiger charge is -2.13. The highest BCUT2D eigenvalue weighted by molar-refractivity contribution is 5.59. The van der Waals surface area contributed by atoms with Gasteiger partial charge in [-0.2, -0.15) is 4.98 Å². The Morgan fingerprint density at radius 3 is 2.55 bits per heavy atom. The molecule has 1 unspecified atom stereocenters. The lowest BCUT2D eigenvalue weighted by atomic mass is 10.1. The van der Waals surface area contributed by atoms with E-state index in [9.17, 15) is 8.78 Å². The zero-order valence-electron chi connectivity index (χ0n) is 12.5. The Hall–Kier alpha value is -2.57. The fraction of sp³-hybridized carbons (Fsp3) is 0.267. The van der Waals surface area contributed by atoms with Gasteiger partial charge in [0.25, 0.3) is 0 Å². The summed E-state index contributed by atoms with van der Waals surface area (Å²) in [5.41, 5.74) is 0.757. The molecule has 0 fully saturated rings. The third-order valence-electron chi connectivity index (χ3n) is 2.74. The quantitative estimate of drug-likeness (QED) is 0.629. The minimum absolute atomic E-state index is 0.00383. The SMILES string of the molecule is CC(Oc1ncc(F)c(/N=C/N(C)C)n1)c1ccc(F)cc1. The predicted molar refractivity (Wildman–Crippen MR) is 79.3 cm³/mol. The van der Waals surface area contributed by atoms with Crippen molar-refractivity contribution in [2.24, 2.45) is 4.99 Å². The van der Waals surface area contributed by atoms with E-state index in [-0.39, 0.29) is 17.6 Å². The molecular weight excluding hydrogens is 290 g/mol. The molecule has 0 aliphatic carbocycles. The van der Waals surface area contributed by atoms with Crippen LogP contribution in [0.3, 0.4) is 0 Å².